The van der Waals surface area contributed by atoms with Gasteiger partial charge in [-0.2, -0.15) is 0 Å². The van der Waals surface area contributed by atoms with E-state index in [-0.39, 0.29) is 19.1 Å². The minimum absolute atomic E-state index is 0.248. The Morgan fingerprint density at radius 2 is 1.88 bits per heavy atom. The van der Waals surface area contributed by atoms with E-state index in [0.29, 0.717) is 29.3 Å². The Balaban J connectivity index is 1.50. The molecule has 0 bridgehead atoms. The first kappa shape index (κ1) is 23.7. The Hall–Kier alpha value is -2.42. The van der Waals surface area contributed by atoms with Crippen molar-refractivity contribution in [3.8, 4) is 0 Å². The highest BCUT2D eigenvalue weighted by atomic mass is 32.1. The molecule has 1 saturated carbocycles. The van der Waals surface area contributed by atoms with Crippen LogP contribution in [0.2, 0.25) is 0 Å². The zero-order valence-electron chi connectivity index (χ0n) is 19.5. The summed E-state index contributed by atoms with van der Waals surface area (Å²) < 4.78 is 5.25. The van der Waals surface area contributed by atoms with Crippen LogP contribution in [-0.2, 0) is 27.2 Å². The summed E-state index contributed by atoms with van der Waals surface area (Å²) in [7, 11) is 0. The highest BCUT2D eigenvalue weighted by Gasteiger charge is 2.50. The SMILES string of the molecule is CCOC(=O)c1c(NC(=O)CN2C(=O)NC3(CCCCCCC3)C2=O)sc2c1CC[C@H](C)C2. The Morgan fingerprint density at radius 1 is 1.18 bits per heavy atom. The minimum atomic E-state index is -0.883. The third-order valence-corrected chi connectivity index (χ3v) is 8.17. The molecule has 8 nitrogen and oxygen atoms in total. The largest absolute Gasteiger partial charge is 0.462 e. The lowest BCUT2D eigenvalue weighted by atomic mass is 9.84. The number of esters is 1. The first-order chi connectivity index (χ1) is 15.8. The molecule has 2 heterocycles. The number of nitrogens with one attached hydrogen (secondary N) is 2. The van der Waals surface area contributed by atoms with E-state index in [1.54, 1.807) is 6.92 Å². The summed E-state index contributed by atoms with van der Waals surface area (Å²) in [6.45, 7) is 3.80. The van der Waals surface area contributed by atoms with Crippen LogP contribution < -0.4 is 10.6 Å². The van der Waals surface area contributed by atoms with Gasteiger partial charge in [0.25, 0.3) is 5.91 Å². The van der Waals surface area contributed by atoms with Crippen molar-refractivity contribution in [1.29, 1.82) is 0 Å². The number of carbonyl (C=O) groups excluding carboxylic acids is 4. The summed E-state index contributed by atoms with van der Waals surface area (Å²) in [6, 6.07) is -0.513. The number of thiophene rings is 1. The van der Waals surface area contributed by atoms with E-state index in [1.807, 2.05) is 0 Å². The van der Waals surface area contributed by atoms with Gasteiger partial charge < -0.3 is 15.4 Å². The monoisotopic (exact) mass is 475 g/mol. The summed E-state index contributed by atoms with van der Waals surface area (Å²) in [5, 5.41) is 6.14. The highest BCUT2D eigenvalue weighted by Crippen LogP contribution is 2.40. The summed E-state index contributed by atoms with van der Waals surface area (Å²) >= 11 is 1.40. The fraction of sp³-hybridized carbons (Fsp3) is 0.667. The maximum Gasteiger partial charge on any atom is 0.341 e. The molecular weight excluding hydrogens is 442 g/mol. The van der Waals surface area contributed by atoms with Crippen molar-refractivity contribution in [2.45, 2.75) is 83.6 Å². The van der Waals surface area contributed by atoms with Gasteiger partial charge in [-0.15, -0.1) is 11.3 Å². The average Bonchev–Trinajstić information content (AvgIpc) is 3.20. The number of fused-ring (bicyclic) bond motifs is 1. The molecule has 4 amide bonds. The molecule has 2 aliphatic carbocycles. The molecule has 1 atom stereocenters. The maximum absolute atomic E-state index is 13.2. The van der Waals surface area contributed by atoms with Crippen LogP contribution in [0, 0.1) is 5.92 Å². The van der Waals surface area contributed by atoms with Gasteiger partial charge in [-0.25, -0.2) is 9.59 Å². The van der Waals surface area contributed by atoms with Crippen molar-refractivity contribution in [2.75, 3.05) is 18.5 Å². The fourth-order valence-corrected chi connectivity index (χ4v) is 6.65. The topological polar surface area (TPSA) is 105 Å². The molecule has 1 saturated heterocycles. The van der Waals surface area contributed by atoms with Crippen molar-refractivity contribution < 1.29 is 23.9 Å². The second-order valence-electron chi connectivity index (χ2n) is 9.50. The molecule has 1 spiro atoms. The highest BCUT2D eigenvalue weighted by molar-refractivity contribution is 7.17. The van der Waals surface area contributed by atoms with Crippen molar-refractivity contribution in [3.05, 3.63) is 16.0 Å². The Labute approximate surface area is 198 Å². The van der Waals surface area contributed by atoms with Crippen LogP contribution in [0.1, 0.15) is 86.0 Å². The van der Waals surface area contributed by atoms with Gasteiger partial charge in [-0.3, -0.25) is 14.5 Å². The molecule has 2 N–H and O–H groups in total. The number of anilines is 1. The van der Waals surface area contributed by atoms with Gasteiger partial charge in [0.2, 0.25) is 5.91 Å². The van der Waals surface area contributed by atoms with Crippen LogP contribution in [0.3, 0.4) is 0 Å². The lowest BCUT2D eigenvalue weighted by molar-refractivity contribution is -0.134. The molecule has 1 aromatic heterocycles. The van der Waals surface area contributed by atoms with Gasteiger partial charge >= 0.3 is 12.0 Å². The number of carbonyl (C=O) groups is 4. The molecule has 1 aliphatic heterocycles. The van der Waals surface area contributed by atoms with Crippen LogP contribution in [0.4, 0.5) is 9.80 Å². The average molecular weight is 476 g/mol. The van der Waals surface area contributed by atoms with Crippen LogP contribution in [-0.4, -0.2) is 47.4 Å². The quantitative estimate of drug-likeness (QED) is 0.494. The molecule has 3 aliphatic rings. The number of hydrogen-bond acceptors (Lipinski definition) is 6. The molecule has 2 fully saturated rings. The zero-order valence-corrected chi connectivity index (χ0v) is 20.3. The molecule has 0 unspecified atom stereocenters. The van der Waals surface area contributed by atoms with Gasteiger partial charge in [0.15, 0.2) is 0 Å². The number of urea groups is 1. The lowest BCUT2D eigenvalue weighted by Gasteiger charge is -2.28. The van der Waals surface area contributed by atoms with Crippen molar-refractivity contribution in [1.82, 2.24) is 10.2 Å². The second-order valence-corrected chi connectivity index (χ2v) is 10.6. The Morgan fingerprint density at radius 3 is 2.58 bits per heavy atom. The molecule has 9 heteroatoms. The molecule has 33 heavy (non-hydrogen) atoms. The van der Waals surface area contributed by atoms with Gasteiger partial charge in [0.1, 0.15) is 17.1 Å². The number of hydrogen-bond donors (Lipinski definition) is 2. The van der Waals surface area contributed by atoms with Gasteiger partial charge in [-0.05, 0) is 50.5 Å². The van der Waals surface area contributed by atoms with Crippen LogP contribution in [0.25, 0.3) is 0 Å². The Bertz CT molecular complexity index is 948. The third kappa shape index (κ3) is 4.78. The molecular formula is C24H33N3O5S. The number of imide groups is 1. The van der Waals surface area contributed by atoms with Crippen LogP contribution in [0.5, 0.6) is 0 Å². The van der Waals surface area contributed by atoms with E-state index < -0.39 is 23.4 Å². The molecule has 180 valence electrons. The second kappa shape index (κ2) is 9.83. The van der Waals surface area contributed by atoms with E-state index in [0.717, 1.165) is 66.7 Å². The first-order valence-corrected chi connectivity index (χ1v) is 12.9. The molecule has 0 aromatic carbocycles. The fourth-order valence-electron chi connectivity index (χ4n) is 5.24. The van der Waals surface area contributed by atoms with Gasteiger partial charge in [0, 0.05) is 4.88 Å². The summed E-state index contributed by atoms with van der Waals surface area (Å²) in [6.07, 6.45) is 8.84. The van der Waals surface area contributed by atoms with Crippen LogP contribution >= 0.6 is 11.3 Å². The van der Waals surface area contributed by atoms with E-state index in [2.05, 4.69) is 17.6 Å². The standard InChI is InChI=1S/C24H33N3O5S/c1-3-32-21(29)19-16-10-9-15(2)13-17(16)33-20(19)25-18(28)14-27-22(30)24(26-23(27)31)11-7-5-4-6-8-12-24/h15H,3-14H2,1-2H3,(H,25,28)(H,26,31)/t15-/m0/s1. The number of amides is 4. The van der Waals surface area contributed by atoms with E-state index >= 15 is 0 Å². The summed E-state index contributed by atoms with van der Waals surface area (Å²) in [5.41, 5.74) is 0.493. The maximum atomic E-state index is 13.2. The molecule has 1 aromatic rings. The van der Waals surface area contributed by atoms with E-state index in [4.69, 9.17) is 4.74 Å². The smallest absolute Gasteiger partial charge is 0.341 e. The zero-order chi connectivity index (χ0) is 23.6. The summed E-state index contributed by atoms with van der Waals surface area (Å²) in [5.74, 6) is -0.725. The predicted octanol–water partition coefficient (Wildman–Crippen LogP) is 4.02. The minimum Gasteiger partial charge on any atom is -0.462 e. The number of nitrogens with zero attached hydrogens (tertiary/aromatic N) is 1. The van der Waals surface area contributed by atoms with Crippen molar-refractivity contribution in [3.63, 3.8) is 0 Å². The molecule has 4 rings (SSSR count). The lowest BCUT2D eigenvalue weighted by Crippen LogP contribution is -2.47. The van der Waals surface area contributed by atoms with Crippen LogP contribution in [0.15, 0.2) is 0 Å². The molecule has 0 radical (unpaired) electrons. The summed E-state index contributed by atoms with van der Waals surface area (Å²) in [4.78, 5) is 53.6. The van der Waals surface area contributed by atoms with Crippen molar-refractivity contribution in [2.24, 2.45) is 5.92 Å². The van der Waals surface area contributed by atoms with E-state index in [9.17, 15) is 19.2 Å². The number of rotatable bonds is 5. The Kier molecular flexibility index (Phi) is 7.07. The van der Waals surface area contributed by atoms with Crippen molar-refractivity contribution >= 4 is 40.2 Å². The van der Waals surface area contributed by atoms with Gasteiger partial charge in [-0.1, -0.05) is 39.0 Å². The third-order valence-electron chi connectivity index (χ3n) is 7.00. The normalized spacial score (nSPS) is 22.4. The van der Waals surface area contributed by atoms with Gasteiger partial charge in [0.05, 0.1) is 12.2 Å². The first-order valence-electron chi connectivity index (χ1n) is 12.1. The predicted molar refractivity (Wildman–Crippen MR) is 125 cm³/mol. The van der Waals surface area contributed by atoms with E-state index in [1.165, 1.54) is 11.3 Å². The number of ether oxygens (including phenoxy) is 1.